The first kappa shape index (κ1) is 19.5. The van der Waals surface area contributed by atoms with Crippen LogP contribution in [0.5, 0.6) is 0 Å². The van der Waals surface area contributed by atoms with E-state index in [-0.39, 0.29) is 17.9 Å². The molecule has 2 amide bonds. The van der Waals surface area contributed by atoms with E-state index in [4.69, 9.17) is 4.74 Å². The van der Waals surface area contributed by atoms with Gasteiger partial charge in [-0.1, -0.05) is 18.2 Å². The SMILES string of the molecule is O=C(NCC1CCCO1)c1ccc(C(=O)N2CCN(c3ccccc3)CC2)cc1. The summed E-state index contributed by atoms with van der Waals surface area (Å²) in [6, 6.07) is 17.2. The van der Waals surface area contributed by atoms with Gasteiger partial charge in [0.1, 0.15) is 0 Å². The van der Waals surface area contributed by atoms with E-state index in [2.05, 4.69) is 22.3 Å². The number of carbonyl (C=O) groups excluding carboxylic acids is 2. The van der Waals surface area contributed by atoms with Gasteiger partial charge in [-0.25, -0.2) is 0 Å². The van der Waals surface area contributed by atoms with Crippen molar-refractivity contribution < 1.29 is 14.3 Å². The Morgan fingerprint density at radius 1 is 0.931 bits per heavy atom. The second kappa shape index (κ2) is 9.09. The molecule has 1 unspecified atom stereocenters. The van der Waals surface area contributed by atoms with E-state index in [1.807, 2.05) is 23.1 Å². The zero-order chi connectivity index (χ0) is 20.1. The summed E-state index contributed by atoms with van der Waals surface area (Å²) in [5.74, 6) is -0.111. The topological polar surface area (TPSA) is 61.9 Å². The Balaban J connectivity index is 1.29. The fourth-order valence-electron chi connectivity index (χ4n) is 3.87. The van der Waals surface area contributed by atoms with E-state index in [0.717, 1.165) is 32.5 Å². The van der Waals surface area contributed by atoms with Crippen molar-refractivity contribution in [1.82, 2.24) is 10.2 Å². The van der Waals surface area contributed by atoms with Crippen molar-refractivity contribution >= 4 is 17.5 Å². The normalized spacial score (nSPS) is 19.2. The molecule has 4 rings (SSSR count). The van der Waals surface area contributed by atoms with E-state index < -0.39 is 0 Å². The quantitative estimate of drug-likeness (QED) is 0.848. The molecule has 2 saturated heterocycles. The van der Waals surface area contributed by atoms with Gasteiger partial charge in [-0.15, -0.1) is 0 Å². The van der Waals surface area contributed by atoms with Crippen LogP contribution in [0, 0.1) is 0 Å². The highest BCUT2D eigenvalue weighted by Crippen LogP contribution is 2.17. The van der Waals surface area contributed by atoms with E-state index in [0.29, 0.717) is 30.8 Å². The minimum atomic E-state index is -0.129. The van der Waals surface area contributed by atoms with Crippen LogP contribution in [0.3, 0.4) is 0 Å². The molecule has 1 N–H and O–H groups in total. The average Bonchev–Trinajstić information content (AvgIpc) is 3.31. The minimum absolute atomic E-state index is 0.0176. The van der Waals surface area contributed by atoms with Crippen molar-refractivity contribution in [3.63, 3.8) is 0 Å². The maximum absolute atomic E-state index is 12.8. The van der Waals surface area contributed by atoms with Crippen LogP contribution in [0.15, 0.2) is 54.6 Å². The number of piperazine rings is 1. The van der Waals surface area contributed by atoms with E-state index in [9.17, 15) is 9.59 Å². The summed E-state index contributed by atoms with van der Waals surface area (Å²) in [7, 11) is 0. The van der Waals surface area contributed by atoms with Crippen molar-refractivity contribution in [2.75, 3.05) is 44.2 Å². The summed E-state index contributed by atoms with van der Waals surface area (Å²) in [6.45, 7) is 4.33. The highest BCUT2D eigenvalue weighted by molar-refractivity contribution is 5.97. The van der Waals surface area contributed by atoms with Crippen LogP contribution >= 0.6 is 0 Å². The van der Waals surface area contributed by atoms with Gasteiger partial charge in [0.2, 0.25) is 0 Å². The fraction of sp³-hybridized carbons (Fsp3) is 0.391. The number of nitrogens with zero attached hydrogens (tertiary/aromatic N) is 2. The second-order valence-corrected chi connectivity index (χ2v) is 7.54. The number of hydrogen-bond donors (Lipinski definition) is 1. The molecule has 6 heteroatoms. The van der Waals surface area contributed by atoms with Crippen LogP contribution in [-0.4, -0.2) is 62.1 Å². The molecule has 0 spiro atoms. The minimum Gasteiger partial charge on any atom is -0.376 e. The number of amides is 2. The van der Waals surface area contributed by atoms with Gasteiger partial charge in [0, 0.05) is 56.1 Å². The first-order valence-electron chi connectivity index (χ1n) is 10.3. The highest BCUT2D eigenvalue weighted by Gasteiger charge is 2.22. The third-order valence-electron chi connectivity index (χ3n) is 5.60. The Labute approximate surface area is 171 Å². The second-order valence-electron chi connectivity index (χ2n) is 7.54. The standard InChI is InChI=1S/C23H27N3O3/c27-22(24-17-21-7-4-16-29-21)18-8-10-19(11-9-18)23(28)26-14-12-25(13-15-26)20-5-2-1-3-6-20/h1-3,5-6,8-11,21H,4,7,12-17H2,(H,24,27). The fourth-order valence-corrected chi connectivity index (χ4v) is 3.87. The highest BCUT2D eigenvalue weighted by atomic mass is 16.5. The van der Waals surface area contributed by atoms with Gasteiger partial charge in [-0.2, -0.15) is 0 Å². The van der Waals surface area contributed by atoms with Crippen LogP contribution in [0.1, 0.15) is 33.6 Å². The summed E-state index contributed by atoms with van der Waals surface area (Å²) >= 11 is 0. The molecule has 0 bridgehead atoms. The van der Waals surface area contributed by atoms with Crippen molar-refractivity contribution in [2.45, 2.75) is 18.9 Å². The number of nitrogens with one attached hydrogen (secondary N) is 1. The van der Waals surface area contributed by atoms with Crippen LogP contribution in [-0.2, 0) is 4.74 Å². The molecule has 0 aliphatic carbocycles. The smallest absolute Gasteiger partial charge is 0.253 e. The molecule has 2 aliphatic rings. The third-order valence-corrected chi connectivity index (χ3v) is 5.60. The molecular formula is C23H27N3O3. The Morgan fingerprint density at radius 2 is 1.62 bits per heavy atom. The van der Waals surface area contributed by atoms with E-state index in [1.54, 1.807) is 24.3 Å². The zero-order valence-corrected chi connectivity index (χ0v) is 16.5. The van der Waals surface area contributed by atoms with Crippen LogP contribution in [0.25, 0.3) is 0 Å². The van der Waals surface area contributed by atoms with Crippen molar-refractivity contribution in [3.05, 3.63) is 65.7 Å². The van der Waals surface area contributed by atoms with Gasteiger partial charge in [-0.05, 0) is 49.2 Å². The molecule has 1 atom stereocenters. The summed E-state index contributed by atoms with van der Waals surface area (Å²) in [5, 5.41) is 2.91. The predicted molar refractivity (Wildman–Crippen MR) is 112 cm³/mol. The number of rotatable bonds is 5. The van der Waals surface area contributed by atoms with Gasteiger partial charge in [0.05, 0.1) is 6.10 Å². The number of benzene rings is 2. The molecule has 2 aromatic rings. The first-order valence-corrected chi connectivity index (χ1v) is 10.3. The molecule has 29 heavy (non-hydrogen) atoms. The van der Waals surface area contributed by atoms with Gasteiger partial charge >= 0.3 is 0 Å². The van der Waals surface area contributed by atoms with Gasteiger partial charge in [-0.3, -0.25) is 9.59 Å². The average molecular weight is 393 g/mol. The zero-order valence-electron chi connectivity index (χ0n) is 16.5. The Kier molecular flexibility index (Phi) is 6.10. The number of carbonyl (C=O) groups is 2. The summed E-state index contributed by atoms with van der Waals surface area (Å²) < 4.78 is 5.52. The van der Waals surface area contributed by atoms with E-state index >= 15 is 0 Å². The molecule has 2 aromatic carbocycles. The summed E-state index contributed by atoms with van der Waals surface area (Å²) in [5.41, 5.74) is 2.38. The van der Waals surface area contributed by atoms with Crippen molar-refractivity contribution in [2.24, 2.45) is 0 Å². The Hall–Kier alpha value is -2.86. The molecular weight excluding hydrogens is 366 g/mol. The Bertz CT molecular complexity index is 824. The molecule has 2 heterocycles. The van der Waals surface area contributed by atoms with Crippen LogP contribution < -0.4 is 10.2 Å². The number of hydrogen-bond acceptors (Lipinski definition) is 4. The summed E-state index contributed by atoms with van der Waals surface area (Å²) in [6.07, 6.45) is 2.16. The molecule has 0 aromatic heterocycles. The molecule has 152 valence electrons. The number of ether oxygens (including phenoxy) is 1. The van der Waals surface area contributed by atoms with Crippen molar-refractivity contribution in [3.8, 4) is 0 Å². The lowest BCUT2D eigenvalue weighted by Crippen LogP contribution is -2.48. The van der Waals surface area contributed by atoms with Gasteiger partial charge < -0.3 is 19.9 Å². The Morgan fingerprint density at radius 3 is 2.28 bits per heavy atom. The van der Waals surface area contributed by atoms with E-state index in [1.165, 1.54) is 5.69 Å². The first-order chi connectivity index (χ1) is 14.2. The monoisotopic (exact) mass is 393 g/mol. The molecule has 2 aliphatic heterocycles. The number of anilines is 1. The molecule has 0 saturated carbocycles. The van der Waals surface area contributed by atoms with Gasteiger partial charge in [0.25, 0.3) is 11.8 Å². The number of para-hydroxylation sites is 1. The van der Waals surface area contributed by atoms with Crippen LogP contribution in [0.2, 0.25) is 0 Å². The predicted octanol–water partition coefficient (Wildman–Crippen LogP) is 2.56. The lowest BCUT2D eigenvalue weighted by atomic mass is 10.1. The molecule has 2 fully saturated rings. The van der Waals surface area contributed by atoms with Crippen molar-refractivity contribution in [1.29, 1.82) is 0 Å². The third kappa shape index (κ3) is 4.77. The maximum atomic E-state index is 12.8. The van der Waals surface area contributed by atoms with Gasteiger partial charge in [0.15, 0.2) is 0 Å². The summed E-state index contributed by atoms with van der Waals surface area (Å²) in [4.78, 5) is 29.3. The van der Waals surface area contributed by atoms with Crippen LogP contribution in [0.4, 0.5) is 5.69 Å². The molecule has 0 radical (unpaired) electrons. The maximum Gasteiger partial charge on any atom is 0.253 e. The largest absolute Gasteiger partial charge is 0.376 e. The lowest BCUT2D eigenvalue weighted by molar-refractivity contribution is 0.0746. The lowest BCUT2D eigenvalue weighted by Gasteiger charge is -2.36. The molecule has 6 nitrogen and oxygen atoms in total.